The minimum absolute atomic E-state index is 0. The number of benzene rings is 1. The standard InChI is InChI=1S/C15H17N3O2.ClH/c19-14(17-12-7-4-8-16-9-12)13-10-20-15(18-13)11-5-2-1-3-6-11;/h1-3,5-6,10,12,16H,4,7-9H2,(H,17,19);1H. The SMILES string of the molecule is Cl.O=C(NC1CCCNC1)c1coc(-c2ccccc2)n1. The summed E-state index contributed by atoms with van der Waals surface area (Å²) >= 11 is 0. The largest absolute Gasteiger partial charge is 0.444 e. The van der Waals surface area contributed by atoms with Crippen LogP contribution in [-0.4, -0.2) is 30.0 Å². The molecule has 1 aliphatic heterocycles. The minimum Gasteiger partial charge on any atom is -0.444 e. The van der Waals surface area contributed by atoms with Crippen molar-refractivity contribution in [3.8, 4) is 11.5 Å². The summed E-state index contributed by atoms with van der Waals surface area (Å²) in [6, 6.07) is 9.72. The predicted molar refractivity (Wildman–Crippen MR) is 82.5 cm³/mol. The van der Waals surface area contributed by atoms with E-state index in [0.717, 1.165) is 31.5 Å². The second-order valence-electron chi connectivity index (χ2n) is 4.92. The van der Waals surface area contributed by atoms with Crippen molar-refractivity contribution in [3.63, 3.8) is 0 Å². The third-order valence-electron chi connectivity index (χ3n) is 3.39. The predicted octanol–water partition coefficient (Wildman–Crippen LogP) is 2.25. The minimum atomic E-state index is -0.176. The number of amides is 1. The topological polar surface area (TPSA) is 67.2 Å². The Kier molecular flexibility index (Phi) is 5.36. The lowest BCUT2D eigenvalue weighted by molar-refractivity contribution is 0.0925. The highest BCUT2D eigenvalue weighted by molar-refractivity contribution is 5.92. The number of carbonyl (C=O) groups is 1. The number of nitrogens with zero attached hydrogens (tertiary/aromatic N) is 1. The molecular formula is C15H18ClN3O2. The van der Waals surface area contributed by atoms with Gasteiger partial charge in [-0.25, -0.2) is 4.98 Å². The summed E-state index contributed by atoms with van der Waals surface area (Å²) in [7, 11) is 0. The second kappa shape index (κ2) is 7.24. The van der Waals surface area contributed by atoms with Gasteiger partial charge in [-0.05, 0) is 31.5 Å². The number of rotatable bonds is 3. The fourth-order valence-electron chi connectivity index (χ4n) is 2.33. The van der Waals surface area contributed by atoms with Gasteiger partial charge in [0, 0.05) is 18.2 Å². The van der Waals surface area contributed by atoms with Crippen molar-refractivity contribution in [3.05, 3.63) is 42.3 Å². The molecule has 0 saturated carbocycles. The van der Waals surface area contributed by atoms with E-state index in [-0.39, 0.29) is 24.4 Å². The molecule has 0 aliphatic carbocycles. The van der Waals surface area contributed by atoms with Crippen molar-refractivity contribution >= 4 is 18.3 Å². The Labute approximate surface area is 129 Å². The number of carbonyl (C=O) groups excluding carboxylic acids is 1. The van der Waals surface area contributed by atoms with Gasteiger partial charge in [0.15, 0.2) is 5.69 Å². The van der Waals surface area contributed by atoms with Gasteiger partial charge in [-0.1, -0.05) is 18.2 Å². The number of halogens is 1. The third-order valence-corrected chi connectivity index (χ3v) is 3.39. The molecule has 2 heterocycles. The molecular weight excluding hydrogens is 290 g/mol. The Morgan fingerprint density at radius 3 is 2.86 bits per heavy atom. The van der Waals surface area contributed by atoms with E-state index in [4.69, 9.17) is 4.42 Å². The first-order chi connectivity index (χ1) is 9.83. The Morgan fingerprint density at radius 2 is 2.14 bits per heavy atom. The van der Waals surface area contributed by atoms with Gasteiger partial charge in [-0.3, -0.25) is 4.79 Å². The smallest absolute Gasteiger partial charge is 0.273 e. The average Bonchev–Trinajstić information content (AvgIpc) is 2.99. The van der Waals surface area contributed by atoms with Crippen LogP contribution in [0.4, 0.5) is 0 Å². The zero-order chi connectivity index (χ0) is 13.8. The van der Waals surface area contributed by atoms with Gasteiger partial charge in [0.05, 0.1) is 0 Å². The van der Waals surface area contributed by atoms with E-state index < -0.39 is 0 Å². The highest BCUT2D eigenvalue weighted by atomic mass is 35.5. The van der Waals surface area contributed by atoms with Crippen LogP contribution in [0, 0.1) is 0 Å². The van der Waals surface area contributed by atoms with Crippen LogP contribution < -0.4 is 10.6 Å². The van der Waals surface area contributed by atoms with Crippen molar-refractivity contribution in [2.45, 2.75) is 18.9 Å². The average molecular weight is 308 g/mol. The summed E-state index contributed by atoms with van der Waals surface area (Å²) < 4.78 is 5.37. The van der Waals surface area contributed by atoms with Crippen LogP contribution in [0.15, 0.2) is 41.0 Å². The molecule has 2 N–H and O–H groups in total. The Bertz CT molecular complexity index is 580. The summed E-state index contributed by atoms with van der Waals surface area (Å²) in [5.41, 5.74) is 1.19. The van der Waals surface area contributed by atoms with Gasteiger partial charge in [-0.2, -0.15) is 0 Å². The lowest BCUT2D eigenvalue weighted by Gasteiger charge is -2.23. The lowest BCUT2D eigenvalue weighted by Crippen LogP contribution is -2.45. The first-order valence-electron chi connectivity index (χ1n) is 6.85. The number of nitrogens with one attached hydrogen (secondary N) is 2. The van der Waals surface area contributed by atoms with E-state index >= 15 is 0 Å². The molecule has 1 saturated heterocycles. The fourth-order valence-corrected chi connectivity index (χ4v) is 2.33. The molecule has 0 radical (unpaired) electrons. The van der Waals surface area contributed by atoms with E-state index in [1.165, 1.54) is 6.26 Å². The first-order valence-corrected chi connectivity index (χ1v) is 6.85. The normalized spacial score (nSPS) is 17.8. The Balaban J connectivity index is 0.00000161. The molecule has 1 fully saturated rings. The van der Waals surface area contributed by atoms with Crippen molar-refractivity contribution in [2.24, 2.45) is 0 Å². The molecule has 1 unspecified atom stereocenters. The van der Waals surface area contributed by atoms with Crippen LogP contribution in [0.3, 0.4) is 0 Å². The molecule has 1 aromatic carbocycles. The highest BCUT2D eigenvalue weighted by Crippen LogP contribution is 2.18. The number of oxazole rings is 1. The van der Waals surface area contributed by atoms with Crippen LogP contribution in [0.2, 0.25) is 0 Å². The van der Waals surface area contributed by atoms with Crippen LogP contribution >= 0.6 is 12.4 Å². The molecule has 21 heavy (non-hydrogen) atoms. The van der Waals surface area contributed by atoms with E-state index in [1.807, 2.05) is 30.3 Å². The zero-order valence-electron chi connectivity index (χ0n) is 11.5. The van der Waals surface area contributed by atoms with Crippen molar-refractivity contribution in [2.75, 3.05) is 13.1 Å². The maximum absolute atomic E-state index is 12.1. The molecule has 112 valence electrons. The maximum atomic E-state index is 12.1. The molecule has 0 bridgehead atoms. The highest BCUT2D eigenvalue weighted by Gasteiger charge is 2.19. The maximum Gasteiger partial charge on any atom is 0.273 e. The second-order valence-corrected chi connectivity index (χ2v) is 4.92. The Hall–Kier alpha value is -1.85. The molecule has 0 spiro atoms. The van der Waals surface area contributed by atoms with Crippen molar-refractivity contribution in [1.29, 1.82) is 0 Å². The number of piperidine rings is 1. The summed E-state index contributed by atoms with van der Waals surface area (Å²) in [6.07, 6.45) is 3.50. The number of aromatic nitrogens is 1. The van der Waals surface area contributed by atoms with Crippen LogP contribution in [0.5, 0.6) is 0 Å². The summed E-state index contributed by atoms with van der Waals surface area (Å²) in [4.78, 5) is 16.3. The fraction of sp³-hybridized carbons (Fsp3) is 0.333. The molecule has 5 nitrogen and oxygen atoms in total. The first kappa shape index (κ1) is 15.5. The van der Waals surface area contributed by atoms with Gasteiger partial charge in [0.2, 0.25) is 5.89 Å². The van der Waals surface area contributed by atoms with Crippen molar-refractivity contribution in [1.82, 2.24) is 15.6 Å². The summed E-state index contributed by atoms with van der Waals surface area (Å²) in [5.74, 6) is 0.294. The van der Waals surface area contributed by atoms with Crippen LogP contribution in [0.1, 0.15) is 23.3 Å². The summed E-state index contributed by atoms with van der Waals surface area (Å²) in [5, 5.41) is 6.24. The number of hydrogen-bond acceptors (Lipinski definition) is 4. The van der Waals surface area contributed by atoms with E-state index in [0.29, 0.717) is 11.6 Å². The Morgan fingerprint density at radius 1 is 1.33 bits per heavy atom. The van der Waals surface area contributed by atoms with E-state index in [2.05, 4.69) is 15.6 Å². The monoisotopic (exact) mass is 307 g/mol. The third kappa shape index (κ3) is 3.83. The van der Waals surface area contributed by atoms with Gasteiger partial charge < -0.3 is 15.1 Å². The molecule has 1 aromatic heterocycles. The van der Waals surface area contributed by atoms with Crippen LogP contribution in [-0.2, 0) is 0 Å². The van der Waals surface area contributed by atoms with Gasteiger partial charge in [0.1, 0.15) is 6.26 Å². The van der Waals surface area contributed by atoms with Crippen LogP contribution in [0.25, 0.3) is 11.5 Å². The molecule has 6 heteroatoms. The zero-order valence-corrected chi connectivity index (χ0v) is 12.4. The van der Waals surface area contributed by atoms with E-state index in [1.54, 1.807) is 0 Å². The quantitative estimate of drug-likeness (QED) is 0.912. The molecule has 1 aliphatic rings. The van der Waals surface area contributed by atoms with E-state index in [9.17, 15) is 4.79 Å². The molecule has 1 atom stereocenters. The number of hydrogen-bond donors (Lipinski definition) is 2. The molecule has 1 amide bonds. The molecule has 2 aromatic rings. The molecule has 3 rings (SSSR count). The summed E-state index contributed by atoms with van der Waals surface area (Å²) in [6.45, 7) is 1.84. The lowest BCUT2D eigenvalue weighted by atomic mass is 10.1. The van der Waals surface area contributed by atoms with Crippen molar-refractivity contribution < 1.29 is 9.21 Å². The van der Waals surface area contributed by atoms with Gasteiger partial charge >= 0.3 is 0 Å². The van der Waals surface area contributed by atoms with Gasteiger partial charge in [-0.15, -0.1) is 12.4 Å². The van der Waals surface area contributed by atoms with Gasteiger partial charge in [0.25, 0.3) is 5.91 Å².